The first-order valence-corrected chi connectivity index (χ1v) is 13.8. The standard InChI is InChI=1S/C28H37NO6/c30-26(29-9-11-31-12-10-29)18-32-25-3-1-21(2-4-25)22-5-7-27(8-6-22)33-28(35-34-27)23-14-19-13-20(16-23)17-24(28)15-19/h1-4,19-20,22-24H,5-18H2. The third-order valence-electron chi connectivity index (χ3n) is 9.77. The van der Waals surface area contributed by atoms with Gasteiger partial charge in [-0.3, -0.25) is 4.79 Å². The lowest BCUT2D eigenvalue weighted by Gasteiger charge is -2.57. The SMILES string of the molecule is O=C(COc1ccc(C2CCC3(CC2)OOC2(O3)C3CC4CC(C3)CC2C4)cc1)N1CCOCC1. The van der Waals surface area contributed by atoms with E-state index in [9.17, 15) is 4.79 Å². The Kier molecular flexibility index (Phi) is 5.61. The van der Waals surface area contributed by atoms with Crippen molar-refractivity contribution >= 4 is 5.91 Å². The summed E-state index contributed by atoms with van der Waals surface area (Å²) in [4.78, 5) is 26.4. The van der Waals surface area contributed by atoms with Crippen LogP contribution in [0.1, 0.15) is 69.3 Å². The molecule has 2 spiro atoms. The average molecular weight is 484 g/mol. The molecule has 5 aliphatic carbocycles. The second-order valence-electron chi connectivity index (χ2n) is 11.8. The zero-order valence-corrected chi connectivity index (χ0v) is 20.5. The summed E-state index contributed by atoms with van der Waals surface area (Å²) in [6.07, 6.45) is 10.2. The van der Waals surface area contributed by atoms with Gasteiger partial charge >= 0.3 is 0 Å². The number of hydrogen-bond acceptors (Lipinski definition) is 6. The van der Waals surface area contributed by atoms with Crippen molar-refractivity contribution in [1.82, 2.24) is 4.90 Å². The van der Waals surface area contributed by atoms with E-state index in [1.807, 2.05) is 12.1 Å². The Balaban J connectivity index is 0.936. The van der Waals surface area contributed by atoms with Crippen LogP contribution in [0, 0.1) is 23.7 Å². The molecule has 4 bridgehead atoms. The lowest BCUT2D eigenvalue weighted by molar-refractivity contribution is -0.390. The van der Waals surface area contributed by atoms with E-state index in [1.165, 1.54) is 37.7 Å². The summed E-state index contributed by atoms with van der Waals surface area (Å²) in [5, 5.41) is 0. The molecule has 7 aliphatic rings. The highest BCUT2D eigenvalue weighted by Gasteiger charge is 2.66. The van der Waals surface area contributed by atoms with Gasteiger partial charge in [0, 0.05) is 37.8 Å². The molecule has 0 aromatic heterocycles. The monoisotopic (exact) mass is 483 g/mol. The number of benzene rings is 1. The van der Waals surface area contributed by atoms with Crippen molar-refractivity contribution in [2.45, 2.75) is 75.3 Å². The number of nitrogens with zero attached hydrogens (tertiary/aromatic N) is 1. The number of carbonyl (C=O) groups excluding carboxylic acids is 1. The molecule has 2 heterocycles. The third kappa shape index (κ3) is 3.99. The van der Waals surface area contributed by atoms with Crippen LogP contribution in [-0.2, 0) is 24.0 Å². The van der Waals surface area contributed by atoms with E-state index < -0.39 is 11.6 Å². The molecule has 7 fully saturated rings. The van der Waals surface area contributed by atoms with Gasteiger partial charge in [-0.1, -0.05) is 12.1 Å². The summed E-state index contributed by atoms with van der Waals surface area (Å²) in [7, 11) is 0. The molecule has 2 saturated heterocycles. The number of hydrogen-bond donors (Lipinski definition) is 0. The molecular weight excluding hydrogens is 446 g/mol. The lowest BCUT2D eigenvalue weighted by atomic mass is 9.53. The van der Waals surface area contributed by atoms with Gasteiger partial charge in [0.05, 0.1) is 13.2 Å². The van der Waals surface area contributed by atoms with Crippen LogP contribution in [0.15, 0.2) is 24.3 Å². The molecule has 7 nitrogen and oxygen atoms in total. The van der Waals surface area contributed by atoms with Crippen molar-refractivity contribution < 1.29 is 28.8 Å². The Labute approximate surface area is 207 Å². The number of rotatable bonds is 4. The fourth-order valence-corrected chi connectivity index (χ4v) is 8.07. The molecular formula is C28H37NO6. The van der Waals surface area contributed by atoms with E-state index in [0.29, 0.717) is 44.1 Å². The molecule has 7 heteroatoms. The van der Waals surface area contributed by atoms with Crippen molar-refractivity contribution in [2.24, 2.45) is 23.7 Å². The highest BCUT2D eigenvalue weighted by Crippen LogP contribution is 2.64. The summed E-state index contributed by atoms with van der Waals surface area (Å²) in [6.45, 7) is 2.58. The molecule has 0 radical (unpaired) electrons. The summed E-state index contributed by atoms with van der Waals surface area (Å²) in [5.41, 5.74) is 1.31. The maximum absolute atomic E-state index is 12.3. The summed E-state index contributed by atoms with van der Waals surface area (Å²) < 4.78 is 17.9. The Morgan fingerprint density at radius 3 is 2.23 bits per heavy atom. The third-order valence-corrected chi connectivity index (χ3v) is 9.77. The van der Waals surface area contributed by atoms with E-state index >= 15 is 0 Å². The van der Waals surface area contributed by atoms with Gasteiger partial charge in [0.15, 0.2) is 6.61 Å². The molecule has 1 aromatic rings. The Morgan fingerprint density at radius 2 is 1.57 bits per heavy atom. The highest BCUT2D eigenvalue weighted by molar-refractivity contribution is 5.77. The minimum Gasteiger partial charge on any atom is -0.484 e. The predicted molar refractivity (Wildman–Crippen MR) is 126 cm³/mol. The molecule has 0 unspecified atom stereocenters. The van der Waals surface area contributed by atoms with Crippen LogP contribution in [0.25, 0.3) is 0 Å². The largest absolute Gasteiger partial charge is 0.484 e. The van der Waals surface area contributed by atoms with Gasteiger partial charge in [-0.15, -0.1) is 0 Å². The molecule has 0 atom stereocenters. The van der Waals surface area contributed by atoms with E-state index in [4.69, 9.17) is 24.0 Å². The molecule has 1 amide bonds. The van der Waals surface area contributed by atoms with Crippen molar-refractivity contribution in [3.63, 3.8) is 0 Å². The molecule has 8 rings (SSSR count). The summed E-state index contributed by atoms with van der Waals surface area (Å²) in [6, 6.07) is 8.26. The molecule has 5 saturated carbocycles. The van der Waals surface area contributed by atoms with E-state index in [2.05, 4.69) is 12.1 Å². The van der Waals surface area contributed by atoms with Crippen LogP contribution >= 0.6 is 0 Å². The lowest BCUT2D eigenvalue weighted by Crippen LogP contribution is -2.59. The normalized spacial score (nSPS) is 42.2. The van der Waals surface area contributed by atoms with Gasteiger partial charge in [0.1, 0.15) is 5.75 Å². The minimum atomic E-state index is -0.561. The molecule has 190 valence electrons. The molecule has 35 heavy (non-hydrogen) atoms. The van der Waals surface area contributed by atoms with Gasteiger partial charge in [0.25, 0.3) is 5.91 Å². The fraction of sp³-hybridized carbons (Fsp3) is 0.750. The topological polar surface area (TPSA) is 66.5 Å². The van der Waals surface area contributed by atoms with Gasteiger partial charge in [0.2, 0.25) is 11.6 Å². The van der Waals surface area contributed by atoms with Gasteiger partial charge in [-0.25, -0.2) is 0 Å². The first-order valence-electron chi connectivity index (χ1n) is 13.8. The van der Waals surface area contributed by atoms with Crippen LogP contribution < -0.4 is 4.74 Å². The first kappa shape index (κ1) is 22.5. The van der Waals surface area contributed by atoms with Crippen molar-refractivity contribution in [1.29, 1.82) is 0 Å². The van der Waals surface area contributed by atoms with Crippen molar-refractivity contribution in [2.75, 3.05) is 32.9 Å². The van der Waals surface area contributed by atoms with E-state index in [-0.39, 0.29) is 12.5 Å². The minimum absolute atomic E-state index is 0.0191. The van der Waals surface area contributed by atoms with E-state index in [0.717, 1.165) is 43.3 Å². The second-order valence-corrected chi connectivity index (χ2v) is 11.8. The molecule has 1 aromatic carbocycles. The van der Waals surface area contributed by atoms with Crippen LogP contribution in [0.4, 0.5) is 0 Å². The van der Waals surface area contributed by atoms with E-state index in [1.54, 1.807) is 4.90 Å². The van der Waals surface area contributed by atoms with Gasteiger partial charge < -0.3 is 19.1 Å². The summed E-state index contributed by atoms with van der Waals surface area (Å²) in [5.74, 6) is 2.99. The van der Waals surface area contributed by atoms with Crippen molar-refractivity contribution in [3.05, 3.63) is 29.8 Å². The maximum atomic E-state index is 12.3. The first-order chi connectivity index (χ1) is 17.1. The highest BCUT2D eigenvalue weighted by atomic mass is 17.3. The Morgan fingerprint density at radius 1 is 0.914 bits per heavy atom. The molecule has 2 aliphatic heterocycles. The number of ether oxygens (including phenoxy) is 3. The van der Waals surface area contributed by atoms with Crippen molar-refractivity contribution in [3.8, 4) is 5.75 Å². The summed E-state index contributed by atoms with van der Waals surface area (Å²) >= 11 is 0. The zero-order chi connectivity index (χ0) is 23.5. The molecule has 0 N–H and O–H groups in total. The quantitative estimate of drug-likeness (QED) is 0.591. The predicted octanol–water partition coefficient (Wildman–Crippen LogP) is 4.41. The number of amides is 1. The van der Waals surface area contributed by atoms with Gasteiger partial charge in [-0.2, -0.15) is 9.78 Å². The zero-order valence-electron chi connectivity index (χ0n) is 20.5. The smallest absolute Gasteiger partial charge is 0.260 e. The van der Waals surface area contributed by atoms with Crippen LogP contribution in [0.5, 0.6) is 5.75 Å². The van der Waals surface area contributed by atoms with Crippen LogP contribution in [0.2, 0.25) is 0 Å². The Hall–Kier alpha value is -1.67. The maximum Gasteiger partial charge on any atom is 0.260 e. The van der Waals surface area contributed by atoms with Crippen LogP contribution in [-0.4, -0.2) is 55.3 Å². The van der Waals surface area contributed by atoms with Crippen LogP contribution in [0.3, 0.4) is 0 Å². The average Bonchev–Trinajstić information content (AvgIpc) is 3.26. The Bertz CT molecular complexity index is 905. The van der Waals surface area contributed by atoms with Gasteiger partial charge in [-0.05, 0) is 80.4 Å². The number of morpholine rings is 1. The number of carbonyl (C=O) groups is 1. The fourth-order valence-electron chi connectivity index (χ4n) is 8.07. The second kappa shape index (κ2) is 8.72.